The van der Waals surface area contributed by atoms with Crippen LogP contribution in [0, 0.1) is 0 Å². The summed E-state index contributed by atoms with van der Waals surface area (Å²) in [5.41, 5.74) is 1.42. The molecule has 7 heteroatoms. The lowest BCUT2D eigenvalue weighted by Crippen LogP contribution is -2.33. The van der Waals surface area contributed by atoms with Crippen LogP contribution in [0.5, 0.6) is 0 Å². The van der Waals surface area contributed by atoms with Gasteiger partial charge in [0.2, 0.25) is 6.33 Å². The molecule has 7 nitrogen and oxygen atoms in total. The summed E-state index contributed by atoms with van der Waals surface area (Å²) in [5, 5.41) is 2.90. The first-order valence-electron chi connectivity index (χ1n) is 3.99. The maximum Gasteiger partial charge on any atom is 0.313 e. The van der Waals surface area contributed by atoms with E-state index in [2.05, 4.69) is 30.0 Å². The van der Waals surface area contributed by atoms with E-state index in [9.17, 15) is 0 Å². The Morgan fingerprint density at radius 2 is 2.14 bits per heavy atom. The topological polar surface area (TPSA) is 87.0 Å². The minimum atomic E-state index is 0.636. The smallest absolute Gasteiger partial charge is 0.313 e. The third-order valence-corrected chi connectivity index (χ3v) is 1.88. The molecule has 0 saturated heterocycles. The van der Waals surface area contributed by atoms with Crippen molar-refractivity contribution in [1.82, 2.24) is 30.0 Å². The lowest BCUT2D eigenvalue weighted by Gasteiger charge is -1.91. The molecule has 0 unspecified atom stereocenters. The number of imidazole rings is 1. The highest BCUT2D eigenvalue weighted by atomic mass is 15.3. The highest BCUT2D eigenvalue weighted by Gasteiger charge is 2.13. The van der Waals surface area contributed by atoms with Crippen LogP contribution in [-0.4, -0.2) is 30.0 Å². The first-order valence-corrected chi connectivity index (χ1v) is 3.99. The second-order valence-corrected chi connectivity index (χ2v) is 2.69. The van der Waals surface area contributed by atoms with E-state index in [1.54, 1.807) is 23.7 Å². The number of hydrogen-bond donors (Lipinski definition) is 2. The largest absolute Gasteiger partial charge is 0.338 e. The minimum Gasteiger partial charge on any atom is -0.338 e. The summed E-state index contributed by atoms with van der Waals surface area (Å²) in [7, 11) is 0. The molecule has 68 valence electrons. The molecular formula is C7H6N7+. The fraction of sp³-hybridized carbons (Fsp3) is 0. The van der Waals surface area contributed by atoms with Crippen LogP contribution >= 0.6 is 0 Å². The van der Waals surface area contributed by atoms with Crippen molar-refractivity contribution in [3.8, 4) is 5.82 Å². The fourth-order valence-corrected chi connectivity index (χ4v) is 1.28. The number of aromatic nitrogens is 7. The van der Waals surface area contributed by atoms with Gasteiger partial charge in [0.15, 0.2) is 23.8 Å². The molecule has 0 saturated carbocycles. The van der Waals surface area contributed by atoms with E-state index in [1.807, 2.05) is 0 Å². The number of H-pyrrole nitrogens is 2. The average Bonchev–Trinajstić information content (AvgIpc) is 2.88. The normalized spacial score (nSPS) is 10.9. The van der Waals surface area contributed by atoms with Crippen LogP contribution in [0.1, 0.15) is 0 Å². The number of rotatable bonds is 1. The van der Waals surface area contributed by atoms with Crippen LogP contribution in [0.3, 0.4) is 0 Å². The maximum absolute atomic E-state index is 4.13. The van der Waals surface area contributed by atoms with Crippen LogP contribution in [-0.2, 0) is 0 Å². The van der Waals surface area contributed by atoms with Crippen molar-refractivity contribution in [1.29, 1.82) is 0 Å². The van der Waals surface area contributed by atoms with Gasteiger partial charge < -0.3 is 4.98 Å². The first kappa shape index (κ1) is 7.13. The molecule has 3 aromatic heterocycles. The van der Waals surface area contributed by atoms with E-state index in [4.69, 9.17) is 0 Å². The standard InChI is InChI=1S/C7H5N7/c1-8-4-14(13-1)7-5-6(10-2-9-5)11-3-12-7/h1-4H,(H,9,10,11,12)/p+1. The van der Waals surface area contributed by atoms with Gasteiger partial charge in [0.1, 0.15) is 0 Å². The van der Waals surface area contributed by atoms with Crippen molar-refractivity contribution < 1.29 is 4.68 Å². The van der Waals surface area contributed by atoms with Gasteiger partial charge in [0.05, 0.1) is 6.33 Å². The van der Waals surface area contributed by atoms with E-state index in [0.717, 1.165) is 5.52 Å². The molecule has 0 aromatic carbocycles. The Labute approximate surface area is 77.9 Å². The molecule has 0 bridgehead atoms. The van der Waals surface area contributed by atoms with Gasteiger partial charge in [-0.3, -0.25) is 0 Å². The molecule has 2 N–H and O–H groups in total. The Hall–Kier alpha value is -2.31. The molecule has 0 aliphatic rings. The predicted octanol–water partition coefficient (Wildman–Crippen LogP) is -0.647. The Morgan fingerprint density at radius 1 is 1.14 bits per heavy atom. The van der Waals surface area contributed by atoms with E-state index in [1.165, 1.54) is 6.33 Å². The molecule has 3 rings (SSSR count). The van der Waals surface area contributed by atoms with Crippen LogP contribution in [0.4, 0.5) is 0 Å². The summed E-state index contributed by atoms with van der Waals surface area (Å²) in [5.74, 6) is 0.699. The summed E-state index contributed by atoms with van der Waals surface area (Å²) in [6.45, 7) is 0. The van der Waals surface area contributed by atoms with Crippen LogP contribution in [0.25, 0.3) is 17.0 Å². The first-order chi connectivity index (χ1) is 6.95. The van der Waals surface area contributed by atoms with Crippen LogP contribution in [0.15, 0.2) is 25.3 Å². The Bertz CT molecular complexity index is 552. The Morgan fingerprint density at radius 3 is 3.00 bits per heavy atom. The molecule has 0 aliphatic heterocycles. The SMILES string of the molecule is c1nc(-[n+]2cnc[nH]2)c2[nH]cnc2n1. The third kappa shape index (κ3) is 0.889. The maximum atomic E-state index is 4.13. The highest BCUT2D eigenvalue weighted by Crippen LogP contribution is 2.07. The number of aromatic amines is 2. The van der Waals surface area contributed by atoms with Crippen molar-refractivity contribution in [2.24, 2.45) is 0 Å². The molecule has 0 aliphatic carbocycles. The zero-order valence-corrected chi connectivity index (χ0v) is 7.05. The van der Waals surface area contributed by atoms with Gasteiger partial charge in [-0.05, 0) is 0 Å². The highest BCUT2D eigenvalue weighted by molar-refractivity contribution is 5.74. The Balaban J connectivity index is 2.36. The Kier molecular flexibility index (Phi) is 1.32. The minimum absolute atomic E-state index is 0.636. The van der Waals surface area contributed by atoms with E-state index in [0.29, 0.717) is 11.5 Å². The van der Waals surface area contributed by atoms with E-state index >= 15 is 0 Å². The van der Waals surface area contributed by atoms with Gasteiger partial charge in [-0.15, -0.1) is 4.68 Å². The molecule has 3 heterocycles. The molecule has 3 aromatic rings. The molecule has 0 atom stereocenters. The van der Waals surface area contributed by atoms with Gasteiger partial charge in [-0.25, -0.2) is 10.1 Å². The molecule has 0 fully saturated rings. The van der Waals surface area contributed by atoms with Crippen molar-refractivity contribution in [2.75, 3.05) is 0 Å². The van der Waals surface area contributed by atoms with Gasteiger partial charge in [0.25, 0.3) is 0 Å². The van der Waals surface area contributed by atoms with Crippen molar-refractivity contribution in [2.45, 2.75) is 0 Å². The number of nitrogens with zero attached hydrogens (tertiary/aromatic N) is 5. The summed E-state index contributed by atoms with van der Waals surface area (Å²) >= 11 is 0. The van der Waals surface area contributed by atoms with E-state index in [-0.39, 0.29) is 0 Å². The molecular weight excluding hydrogens is 182 g/mol. The molecule has 0 spiro atoms. The van der Waals surface area contributed by atoms with Gasteiger partial charge >= 0.3 is 5.82 Å². The zero-order chi connectivity index (χ0) is 9.38. The monoisotopic (exact) mass is 188 g/mol. The number of hydrogen-bond acceptors (Lipinski definition) is 4. The van der Waals surface area contributed by atoms with Gasteiger partial charge in [-0.1, -0.05) is 9.97 Å². The second-order valence-electron chi connectivity index (χ2n) is 2.69. The summed E-state index contributed by atoms with van der Waals surface area (Å²) in [6, 6.07) is 0. The van der Waals surface area contributed by atoms with Crippen molar-refractivity contribution >= 4 is 11.2 Å². The average molecular weight is 188 g/mol. The third-order valence-electron chi connectivity index (χ3n) is 1.88. The molecule has 14 heavy (non-hydrogen) atoms. The van der Waals surface area contributed by atoms with Crippen LogP contribution < -0.4 is 4.68 Å². The summed E-state index contributed by atoms with van der Waals surface area (Å²) < 4.78 is 1.68. The summed E-state index contributed by atoms with van der Waals surface area (Å²) in [6.07, 6.45) is 6.25. The van der Waals surface area contributed by atoms with Gasteiger partial charge in [-0.2, -0.15) is 4.98 Å². The van der Waals surface area contributed by atoms with Crippen molar-refractivity contribution in [3.05, 3.63) is 25.3 Å². The quantitative estimate of drug-likeness (QED) is 0.497. The number of nitrogens with one attached hydrogen (secondary N) is 2. The molecule has 0 amide bonds. The second kappa shape index (κ2) is 2.59. The van der Waals surface area contributed by atoms with Gasteiger partial charge in [0, 0.05) is 0 Å². The van der Waals surface area contributed by atoms with E-state index < -0.39 is 0 Å². The molecule has 0 radical (unpaired) electrons. The lowest BCUT2D eigenvalue weighted by molar-refractivity contribution is -0.658. The number of fused-ring (bicyclic) bond motifs is 1. The fourth-order valence-electron chi connectivity index (χ4n) is 1.28. The lowest BCUT2D eigenvalue weighted by atomic mass is 10.5. The zero-order valence-electron chi connectivity index (χ0n) is 7.05. The summed E-state index contributed by atoms with van der Waals surface area (Å²) in [4.78, 5) is 19.1. The van der Waals surface area contributed by atoms with Crippen LogP contribution in [0.2, 0.25) is 0 Å². The van der Waals surface area contributed by atoms with Crippen molar-refractivity contribution in [3.63, 3.8) is 0 Å². The predicted molar refractivity (Wildman–Crippen MR) is 45.4 cm³/mol.